The summed E-state index contributed by atoms with van der Waals surface area (Å²) < 4.78 is 321. The minimum absolute atomic E-state index is 0.0116. The molecule has 0 spiro atoms. The fourth-order valence-corrected chi connectivity index (χ4v) is 15.8. The average Bonchev–Trinajstić information content (AvgIpc) is 1.50. The number of fused-ring (bicyclic) bond motifs is 2. The maximum Gasteiger partial charge on any atom is 0.416 e. The van der Waals surface area contributed by atoms with Crippen molar-refractivity contribution in [3.05, 3.63) is 361 Å². The van der Waals surface area contributed by atoms with E-state index in [0.717, 1.165) is 158 Å². The Morgan fingerprint density at radius 2 is 0.336 bits per heavy atom. The van der Waals surface area contributed by atoms with E-state index in [-0.39, 0.29) is 112 Å². The van der Waals surface area contributed by atoms with Gasteiger partial charge in [0.25, 0.3) is 0 Å². The molecule has 0 bridgehead atoms. The van der Waals surface area contributed by atoms with Gasteiger partial charge in [-0.25, -0.2) is 0 Å². The Hall–Kier alpha value is -13.9. The molecule has 0 aliphatic heterocycles. The highest BCUT2D eigenvalue weighted by atomic mass is 19.4. The van der Waals surface area contributed by atoms with E-state index < -0.39 is 82.2 Å². The van der Waals surface area contributed by atoms with Crippen molar-refractivity contribution in [1.29, 1.82) is 0 Å². The van der Waals surface area contributed by atoms with Gasteiger partial charge in [-0.05, 0) is 167 Å². The third-order valence-electron chi connectivity index (χ3n) is 21.7. The van der Waals surface area contributed by atoms with Crippen molar-refractivity contribution in [1.82, 2.24) is 27.4 Å². The number of hydrogen-bond acceptors (Lipinski definition) is 0. The minimum Gasteiger partial charge on any atom is -0.319 e. The van der Waals surface area contributed by atoms with Gasteiger partial charge in [0, 0.05) is 117 Å². The maximum atomic E-state index is 14.8. The number of halogens is 21. The summed E-state index contributed by atoms with van der Waals surface area (Å²) in [5.41, 5.74) is -4.01. The Kier molecular flexibility index (Phi) is 19.5. The molecule has 17 aromatic rings. The van der Waals surface area contributed by atoms with Crippen LogP contribution in [0.4, 0.5) is 92.2 Å². The monoisotopic (exact) mass is 1680 g/mol. The van der Waals surface area contributed by atoms with Crippen molar-refractivity contribution >= 4 is 21.8 Å². The summed E-state index contributed by atoms with van der Waals surface area (Å²) in [6.07, 6.45) is -18.7. The summed E-state index contributed by atoms with van der Waals surface area (Å²) in [6, 6.07) is 50.0. The second-order valence-corrected chi connectivity index (χ2v) is 29.4. The van der Waals surface area contributed by atoms with Crippen LogP contribution >= 0.6 is 0 Å². The lowest BCUT2D eigenvalue weighted by atomic mass is 9.97. The number of aryl methyl sites for hydroxylation is 2. The zero-order valence-electron chi connectivity index (χ0n) is 63.1. The van der Waals surface area contributed by atoms with Crippen LogP contribution in [0.3, 0.4) is 0 Å². The number of nitrogens with zero attached hydrogens (tertiary/aromatic N) is 6. The van der Waals surface area contributed by atoms with Crippen LogP contribution in [0.2, 0.25) is 0 Å². The normalized spacial score (nSPS) is 12.7. The van der Waals surface area contributed by atoms with Crippen molar-refractivity contribution in [3.8, 4) is 123 Å². The van der Waals surface area contributed by atoms with Crippen molar-refractivity contribution in [2.45, 2.75) is 57.1 Å². The van der Waals surface area contributed by atoms with Crippen LogP contribution in [-0.2, 0) is 43.2 Å². The fourth-order valence-electron chi connectivity index (χ4n) is 15.8. The van der Waals surface area contributed by atoms with Gasteiger partial charge in [0.15, 0.2) is 0 Å². The van der Waals surface area contributed by atoms with E-state index >= 15 is 0 Å². The van der Waals surface area contributed by atoms with Crippen LogP contribution in [0.15, 0.2) is 311 Å². The SMILES string of the molecule is Cc1cn(-c2c(-n3cc(-c4ccccc4)c(-c4ccc(C(F)(F)F)cc4)c3)c(-n3cc(-c4ccc(C(F)(F)F)cc4)c(-c4ccc(C(F)(F)F)cc4)c3)c(-n3cc(-c4ccc(C(F)(F)F)cc4)c(-c4ccc(C(F)(F)F)cc4)c3)c(-n3cc(-c4ccc(C(F)(F)F)cc4)c(-c4ccc(C(F)(F)F)cc4)c3)c2-n2cc(C)c3ccccc32)c2ccccc12. The zero-order chi connectivity index (χ0) is 86.2. The van der Waals surface area contributed by atoms with E-state index in [4.69, 9.17) is 0 Å². The molecule has 0 N–H and O–H groups in total. The molecule has 122 heavy (non-hydrogen) atoms. The molecule has 0 amide bonds. The number of benzene rings is 11. The predicted octanol–water partition coefficient (Wildman–Crippen LogP) is 29.8. The highest BCUT2D eigenvalue weighted by molar-refractivity contribution is 5.99. The number of aromatic nitrogens is 6. The van der Waals surface area contributed by atoms with E-state index in [1.54, 1.807) is 114 Å². The second-order valence-electron chi connectivity index (χ2n) is 29.4. The zero-order valence-corrected chi connectivity index (χ0v) is 63.1. The van der Waals surface area contributed by atoms with Crippen LogP contribution < -0.4 is 0 Å². The summed E-state index contributed by atoms with van der Waals surface area (Å²) in [5, 5.41) is 1.22. The summed E-state index contributed by atoms with van der Waals surface area (Å²) >= 11 is 0. The lowest BCUT2D eigenvalue weighted by molar-refractivity contribution is -0.138. The smallest absolute Gasteiger partial charge is 0.319 e. The van der Waals surface area contributed by atoms with Gasteiger partial charge in [0.1, 0.15) is 0 Å². The molecular weight excluding hydrogens is 1620 g/mol. The third kappa shape index (κ3) is 15.0. The molecule has 27 heteroatoms. The van der Waals surface area contributed by atoms with Gasteiger partial charge in [-0.3, -0.25) is 0 Å². The van der Waals surface area contributed by atoms with Gasteiger partial charge in [-0.1, -0.05) is 152 Å². The lowest BCUT2D eigenvalue weighted by Gasteiger charge is -2.30. The van der Waals surface area contributed by atoms with Crippen LogP contribution in [0.5, 0.6) is 0 Å². The highest BCUT2D eigenvalue weighted by Crippen LogP contribution is 2.53. The van der Waals surface area contributed by atoms with Gasteiger partial charge in [0.05, 0.1) is 84.1 Å². The van der Waals surface area contributed by atoms with E-state index in [9.17, 15) is 92.2 Å². The second kappa shape index (κ2) is 29.5. The van der Waals surface area contributed by atoms with Crippen molar-refractivity contribution in [2.75, 3.05) is 0 Å². The van der Waals surface area contributed by atoms with Crippen molar-refractivity contribution in [2.24, 2.45) is 0 Å². The van der Waals surface area contributed by atoms with Crippen LogP contribution in [-0.4, -0.2) is 27.4 Å². The fraction of sp³-hybridized carbons (Fsp3) is 0.0947. The maximum absolute atomic E-state index is 14.8. The largest absolute Gasteiger partial charge is 0.416 e. The molecule has 0 saturated heterocycles. The first kappa shape index (κ1) is 80.6. The lowest BCUT2D eigenvalue weighted by Crippen LogP contribution is -2.18. The highest BCUT2D eigenvalue weighted by Gasteiger charge is 2.40. The Morgan fingerprint density at radius 3 is 0.525 bits per heavy atom. The van der Waals surface area contributed by atoms with E-state index in [0.29, 0.717) is 44.1 Å². The third-order valence-corrected chi connectivity index (χ3v) is 21.7. The van der Waals surface area contributed by atoms with Crippen molar-refractivity contribution < 1.29 is 92.2 Å². The van der Waals surface area contributed by atoms with Gasteiger partial charge >= 0.3 is 43.2 Å². The number of rotatable bonds is 14. The van der Waals surface area contributed by atoms with Crippen LogP contribution in [0.1, 0.15) is 50.1 Å². The molecule has 6 nitrogen and oxygen atoms in total. The summed E-state index contributed by atoms with van der Waals surface area (Å²) in [6.45, 7) is 3.60. The van der Waals surface area contributed by atoms with Gasteiger partial charge in [-0.2, -0.15) is 92.2 Å². The molecule has 614 valence electrons. The molecule has 6 heterocycles. The Bertz CT molecular complexity index is 6440. The number of para-hydroxylation sites is 2. The first-order valence-corrected chi connectivity index (χ1v) is 37.3. The first-order valence-electron chi connectivity index (χ1n) is 37.3. The Balaban J connectivity index is 1.16. The standard InChI is InChI=1S/C95H57F21N6/c1-54-44-121(81-14-8-6-12-71(54)81)87-85(119-46-73(56-10-4-3-5-11-56)74(51-119)57-16-30-64(31-17-57)89(96,97)98)83(117-47-75(58-18-32-65(33-19-58)90(99,100)101)76(48-117)59-20-34-66(35-21-59)91(102,103)104)84(118-49-77(60-22-36-67(37-23-60)92(105,106)107)78(50-118)61-24-38-68(39-25-61)93(108,109)110)86(88(87)122-45-55(2)72-13-7-9-15-82(72)122)120-52-79(62-26-40-69(41-27-62)94(111,112)113)80(53-120)63-28-42-70(43-29-63)95(114,115)116/h3-53H,1-2H3. The molecule has 0 fully saturated rings. The summed E-state index contributed by atoms with van der Waals surface area (Å²) in [4.78, 5) is 0. The molecule has 0 unspecified atom stereocenters. The molecule has 0 radical (unpaired) electrons. The van der Waals surface area contributed by atoms with Gasteiger partial charge in [-0.15, -0.1) is 0 Å². The molecule has 17 rings (SSSR count). The van der Waals surface area contributed by atoms with E-state index in [1.807, 2.05) is 16.7 Å². The van der Waals surface area contributed by atoms with E-state index in [2.05, 4.69) is 0 Å². The van der Waals surface area contributed by atoms with Crippen LogP contribution in [0.25, 0.3) is 145 Å². The molecule has 0 aliphatic carbocycles. The molecule has 0 aliphatic rings. The number of alkyl halides is 21. The average molecular weight is 1680 g/mol. The molecule has 11 aromatic carbocycles. The predicted molar refractivity (Wildman–Crippen MR) is 425 cm³/mol. The molecule has 0 atom stereocenters. The summed E-state index contributed by atoms with van der Waals surface area (Å²) in [5.74, 6) is 0. The Morgan fingerprint density at radius 1 is 0.172 bits per heavy atom. The van der Waals surface area contributed by atoms with Crippen molar-refractivity contribution in [3.63, 3.8) is 0 Å². The van der Waals surface area contributed by atoms with E-state index in [1.165, 1.54) is 63.0 Å². The Labute approximate surface area is 679 Å². The molecule has 0 saturated carbocycles. The first-order chi connectivity index (χ1) is 57.7. The minimum atomic E-state index is -4.93. The molecular formula is C95H57F21N6. The quantitative estimate of drug-likeness (QED) is 0.0972. The molecule has 6 aromatic heterocycles. The van der Waals surface area contributed by atoms with Gasteiger partial charge < -0.3 is 27.4 Å². The van der Waals surface area contributed by atoms with Gasteiger partial charge in [0.2, 0.25) is 0 Å². The number of hydrogen-bond donors (Lipinski definition) is 0. The van der Waals surface area contributed by atoms with Crippen LogP contribution in [0, 0.1) is 13.8 Å². The topological polar surface area (TPSA) is 29.6 Å². The summed E-state index contributed by atoms with van der Waals surface area (Å²) in [7, 11) is 0.